The van der Waals surface area contributed by atoms with Gasteiger partial charge in [0.25, 0.3) is 5.91 Å². The summed E-state index contributed by atoms with van der Waals surface area (Å²) in [6, 6.07) is 9.94. The summed E-state index contributed by atoms with van der Waals surface area (Å²) in [7, 11) is 0. The van der Waals surface area contributed by atoms with E-state index >= 15 is 0 Å². The van der Waals surface area contributed by atoms with Crippen LogP contribution in [0.1, 0.15) is 5.56 Å². The first-order chi connectivity index (χ1) is 15.2. The molecule has 0 fully saturated rings. The lowest BCUT2D eigenvalue weighted by molar-refractivity contribution is -0.133. The molecule has 31 heavy (non-hydrogen) atoms. The molecule has 1 aromatic carbocycles. The SMILES string of the molecule is O=C1C=C(C=C2C=CC(C(=C3C=CC(C=C4C=CC=N4)=N3)c3ccccc3)=N2)NC1=O. The van der Waals surface area contributed by atoms with Crippen LogP contribution in [-0.4, -0.2) is 29.3 Å². The molecule has 0 spiro atoms. The largest absolute Gasteiger partial charge is 0.319 e. The van der Waals surface area contributed by atoms with E-state index in [0.717, 1.165) is 34.0 Å². The maximum Gasteiger partial charge on any atom is 0.296 e. The van der Waals surface area contributed by atoms with Crippen LogP contribution in [-0.2, 0) is 9.59 Å². The summed E-state index contributed by atoms with van der Waals surface area (Å²) in [4.78, 5) is 36.6. The van der Waals surface area contributed by atoms with E-state index in [4.69, 9.17) is 9.98 Å². The summed E-state index contributed by atoms with van der Waals surface area (Å²) in [6.45, 7) is 0. The van der Waals surface area contributed by atoms with Gasteiger partial charge in [0.1, 0.15) is 0 Å². The highest BCUT2D eigenvalue weighted by molar-refractivity contribution is 6.43. The maximum absolute atomic E-state index is 11.4. The molecule has 0 bridgehead atoms. The molecule has 1 N–H and O–H groups in total. The van der Waals surface area contributed by atoms with Gasteiger partial charge >= 0.3 is 0 Å². The van der Waals surface area contributed by atoms with E-state index in [9.17, 15) is 9.59 Å². The number of amides is 1. The van der Waals surface area contributed by atoms with Crippen LogP contribution >= 0.6 is 0 Å². The van der Waals surface area contributed by atoms with E-state index < -0.39 is 11.7 Å². The molecule has 0 saturated carbocycles. The fourth-order valence-corrected chi connectivity index (χ4v) is 3.45. The molecule has 0 radical (unpaired) electrons. The average molecular weight is 404 g/mol. The number of nitrogens with zero attached hydrogens (tertiary/aromatic N) is 3. The molecular weight excluding hydrogens is 388 g/mol. The minimum absolute atomic E-state index is 0.437. The molecule has 1 aromatic rings. The minimum Gasteiger partial charge on any atom is -0.319 e. The lowest BCUT2D eigenvalue weighted by Gasteiger charge is -2.08. The molecule has 6 nitrogen and oxygen atoms in total. The first-order valence-corrected chi connectivity index (χ1v) is 9.70. The Hall–Kier alpha value is -4.45. The maximum atomic E-state index is 11.4. The summed E-state index contributed by atoms with van der Waals surface area (Å²) in [5, 5.41) is 2.53. The molecule has 0 saturated heterocycles. The topological polar surface area (TPSA) is 83.2 Å². The molecule has 1 amide bonds. The Morgan fingerprint density at radius 2 is 1.74 bits per heavy atom. The number of aliphatic imine (C=N–C) groups is 3. The van der Waals surface area contributed by atoms with Crippen LogP contribution in [0, 0.1) is 0 Å². The van der Waals surface area contributed by atoms with Gasteiger partial charge in [-0.2, -0.15) is 0 Å². The number of hydrogen-bond acceptors (Lipinski definition) is 5. The van der Waals surface area contributed by atoms with Crippen molar-refractivity contribution in [3.05, 3.63) is 113 Å². The molecule has 148 valence electrons. The van der Waals surface area contributed by atoms with Crippen molar-refractivity contribution in [3.8, 4) is 0 Å². The van der Waals surface area contributed by atoms with Crippen molar-refractivity contribution in [2.45, 2.75) is 0 Å². The molecule has 5 rings (SSSR count). The number of nitrogens with one attached hydrogen (secondary N) is 1. The molecule has 4 aliphatic rings. The first-order valence-electron chi connectivity index (χ1n) is 9.70. The second-order valence-electron chi connectivity index (χ2n) is 7.02. The van der Waals surface area contributed by atoms with Crippen molar-refractivity contribution in [1.82, 2.24) is 5.32 Å². The summed E-state index contributed by atoms with van der Waals surface area (Å²) in [5.74, 6) is -1.18. The van der Waals surface area contributed by atoms with E-state index in [2.05, 4.69) is 10.3 Å². The van der Waals surface area contributed by atoms with Gasteiger partial charge in [0.2, 0.25) is 5.78 Å². The van der Waals surface area contributed by atoms with Crippen molar-refractivity contribution in [2.24, 2.45) is 15.0 Å². The number of ketones is 1. The normalized spacial score (nSPS) is 23.2. The highest BCUT2D eigenvalue weighted by Crippen LogP contribution is 2.29. The van der Waals surface area contributed by atoms with Gasteiger partial charge < -0.3 is 5.32 Å². The first kappa shape index (κ1) is 18.6. The van der Waals surface area contributed by atoms with Crippen LogP contribution in [0.4, 0.5) is 0 Å². The molecule has 4 heterocycles. The van der Waals surface area contributed by atoms with Gasteiger partial charge in [-0.15, -0.1) is 0 Å². The van der Waals surface area contributed by atoms with Crippen molar-refractivity contribution < 1.29 is 9.59 Å². The zero-order chi connectivity index (χ0) is 21.2. The quantitative estimate of drug-likeness (QED) is 0.780. The molecule has 4 aliphatic heterocycles. The van der Waals surface area contributed by atoms with Crippen LogP contribution in [0.25, 0.3) is 5.57 Å². The third-order valence-corrected chi connectivity index (χ3v) is 4.84. The average Bonchev–Trinajstić information content (AvgIpc) is 3.56. The molecule has 0 unspecified atom stereocenters. The third kappa shape index (κ3) is 3.86. The predicted octanol–water partition coefficient (Wildman–Crippen LogP) is 3.41. The van der Waals surface area contributed by atoms with Crippen molar-refractivity contribution in [2.75, 3.05) is 0 Å². The predicted molar refractivity (Wildman–Crippen MR) is 122 cm³/mol. The van der Waals surface area contributed by atoms with Crippen molar-refractivity contribution >= 4 is 34.9 Å². The van der Waals surface area contributed by atoms with Crippen molar-refractivity contribution in [3.63, 3.8) is 0 Å². The lowest BCUT2D eigenvalue weighted by Crippen LogP contribution is -2.20. The number of benzene rings is 1. The summed E-state index contributed by atoms with van der Waals surface area (Å²) >= 11 is 0. The second kappa shape index (κ2) is 7.76. The Kier molecular flexibility index (Phi) is 4.65. The van der Waals surface area contributed by atoms with E-state index in [0.29, 0.717) is 11.4 Å². The van der Waals surface area contributed by atoms with E-state index in [-0.39, 0.29) is 0 Å². The van der Waals surface area contributed by atoms with Gasteiger partial charge in [-0.25, -0.2) is 9.98 Å². The van der Waals surface area contributed by atoms with Crippen LogP contribution in [0.2, 0.25) is 0 Å². The van der Waals surface area contributed by atoms with Crippen molar-refractivity contribution in [1.29, 1.82) is 0 Å². The lowest BCUT2D eigenvalue weighted by atomic mass is 9.99. The molecular formula is C25H16N4O2. The molecule has 0 aromatic heterocycles. The Bertz CT molecular complexity index is 1300. The van der Waals surface area contributed by atoms with E-state index in [1.165, 1.54) is 6.08 Å². The van der Waals surface area contributed by atoms with Crippen LogP contribution < -0.4 is 5.32 Å². The summed E-state index contributed by atoms with van der Waals surface area (Å²) in [5.41, 5.74) is 6.20. The van der Waals surface area contributed by atoms with Gasteiger partial charge in [0.05, 0.1) is 28.5 Å². The number of carbonyl (C=O) groups excluding carboxylic acids is 2. The third-order valence-electron chi connectivity index (χ3n) is 4.84. The Balaban J connectivity index is 1.53. The summed E-state index contributed by atoms with van der Waals surface area (Å²) < 4.78 is 0. The number of rotatable bonds is 4. The van der Waals surface area contributed by atoms with Gasteiger partial charge in [0.15, 0.2) is 0 Å². The number of hydrogen-bond donors (Lipinski definition) is 1. The number of carbonyl (C=O) groups is 2. The summed E-state index contributed by atoms with van der Waals surface area (Å²) in [6.07, 6.45) is 18.1. The molecule has 6 heteroatoms. The van der Waals surface area contributed by atoms with E-state index in [1.807, 2.05) is 72.9 Å². The van der Waals surface area contributed by atoms with Crippen LogP contribution in [0.3, 0.4) is 0 Å². The highest BCUT2D eigenvalue weighted by atomic mass is 16.2. The van der Waals surface area contributed by atoms with Crippen LogP contribution in [0.15, 0.2) is 123 Å². The van der Waals surface area contributed by atoms with Gasteiger partial charge in [-0.05, 0) is 54.2 Å². The fraction of sp³-hybridized carbons (Fsp3) is 0. The second-order valence-corrected chi connectivity index (χ2v) is 7.02. The molecule has 0 atom stereocenters. The van der Waals surface area contributed by atoms with Gasteiger partial charge in [0, 0.05) is 23.6 Å². The standard InChI is InChI=1S/C25H16N4O2/c30-23-15-20(29-25(23)31)14-19-9-11-22(28-19)24(16-5-2-1-3-6-16)21-10-8-18(27-21)13-17-7-4-12-26-17/h1-15H,(H,29,30,31). The van der Waals surface area contributed by atoms with Crippen LogP contribution in [0.5, 0.6) is 0 Å². The monoisotopic (exact) mass is 404 g/mol. The smallest absolute Gasteiger partial charge is 0.296 e. The Morgan fingerprint density at radius 3 is 2.48 bits per heavy atom. The fourth-order valence-electron chi connectivity index (χ4n) is 3.45. The zero-order valence-electron chi connectivity index (χ0n) is 16.3. The number of allylic oxidation sites excluding steroid dienone is 9. The Morgan fingerprint density at radius 1 is 0.871 bits per heavy atom. The van der Waals surface area contributed by atoms with E-state index in [1.54, 1.807) is 12.3 Å². The van der Waals surface area contributed by atoms with Gasteiger partial charge in [-0.1, -0.05) is 30.3 Å². The van der Waals surface area contributed by atoms with Gasteiger partial charge in [-0.3, -0.25) is 14.6 Å². The molecule has 0 aliphatic carbocycles. The minimum atomic E-state index is -0.626. The highest BCUT2D eigenvalue weighted by Gasteiger charge is 2.21. The Labute approximate surface area is 178 Å². The zero-order valence-corrected chi connectivity index (χ0v) is 16.3.